The average molecular weight is 381 g/mol. The fourth-order valence-electron chi connectivity index (χ4n) is 2.21. The van der Waals surface area contributed by atoms with Gasteiger partial charge in [0.25, 0.3) is 0 Å². The number of hydrogen-bond donors (Lipinski definition) is 0. The van der Waals surface area contributed by atoms with Crippen LogP contribution in [0.1, 0.15) is 10.7 Å². The molecule has 0 saturated carbocycles. The lowest BCUT2D eigenvalue weighted by Gasteiger charge is -2.09. The Labute approximate surface area is 154 Å². The first-order valence-corrected chi connectivity index (χ1v) is 9.63. The van der Waals surface area contributed by atoms with Crippen LogP contribution in [0.2, 0.25) is 5.02 Å². The number of nitrogens with zero attached hydrogens (tertiary/aromatic N) is 4. The third-order valence-electron chi connectivity index (χ3n) is 3.35. The Kier molecular flexibility index (Phi) is 5.89. The van der Waals surface area contributed by atoms with Crippen molar-refractivity contribution < 1.29 is 4.74 Å². The van der Waals surface area contributed by atoms with E-state index in [9.17, 15) is 0 Å². The molecule has 24 heavy (non-hydrogen) atoms. The summed E-state index contributed by atoms with van der Waals surface area (Å²) in [6.45, 7) is 3.31. The topological polar surface area (TPSA) is 52.8 Å². The van der Waals surface area contributed by atoms with Gasteiger partial charge in [-0.2, -0.15) is 0 Å². The van der Waals surface area contributed by atoms with Gasteiger partial charge in [0.1, 0.15) is 0 Å². The van der Waals surface area contributed by atoms with Crippen molar-refractivity contribution in [2.24, 2.45) is 0 Å². The highest BCUT2D eigenvalue weighted by molar-refractivity contribution is 7.98. The summed E-state index contributed by atoms with van der Waals surface area (Å²) in [5.74, 6) is 1.59. The van der Waals surface area contributed by atoms with Crippen LogP contribution in [-0.2, 0) is 17.0 Å². The molecule has 0 fully saturated rings. The lowest BCUT2D eigenvalue weighted by atomic mass is 10.2. The van der Waals surface area contributed by atoms with Gasteiger partial charge in [-0.1, -0.05) is 23.4 Å². The zero-order chi connectivity index (χ0) is 16.9. The maximum Gasteiger partial charge on any atom is 0.191 e. The van der Waals surface area contributed by atoms with Gasteiger partial charge in [0.15, 0.2) is 11.0 Å². The van der Waals surface area contributed by atoms with Crippen molar-refractivity contribution in [3.8, 4) is 11.4 Å². The highest BCUT2D eigenvalue weighted by Gasteiger charge is 2.15. The molecule has 0 aliphatic rings. The first-order chi connectivity index (χ1) is 11.7. The van der Waals surface area contributed by atoms with Crippen LogP contribution in [0, 0.1) is 6.92 Å². The SMILES string of the molecule is COCCn1c(SCc2csc(C)n2)nnc1-c1ccc(Cl)cc1. The van der Waals surface area contributed by atoms with Crippen LogP contribution in [0.3, 0.4) is 0 Å². The van der Waals surface area contributed by atoms with Crippen molar-refractivity contribution in [1.82, 2.24) is 19.7 Å². The zero-order valence-electron chi connectivity index (χ0n) is 13.4. The maximum atomic E-state index is 5.97. The molecule has 5 nitrogen and oxygen atoms in total. The van der Waals surface area contributed by atoms with E-state index in [1.165, 1.54) is 0 Å². The maximum absolute atomic E-state index is 5.97. The second-order valence-electron chi connectivity index (χ2n) is 5.10. The number of thioether (sulfide) groups is 1. The van der Waals surface area contributed by atoms with E-state index in [1.54, 1.807) is 30.2 Å². The van der Waals surface area contributed by atoms with Crippen molar-refractivity contribution in [3.63, 3.8) is 0 Å². The lowest BCUT2D eigenvalue weighted by Crippen LogP contribution is -2.07. The molecule has 0 aliphatic heterocycles. The first kappa shape index (κ1) is 17.4. The van der Waals surface area contributed by atoms with E-state index in [1.807, 2.05) is 31.2 Å². The van der Waals surface area contributed by atoms with Gasteiger partial charge in [-0.3, -0.25) is 4.57 Å². The molecule has 2 heterocycles. The molecule has 8 heteroatoms. The Morgan fingerprint density at radius 2 is 2.04 bits per heavy atom. The monoisotopic (exact) mass is 380 g/mol. The minimum Gasteiger partial charge on any atom is -0.383 e. The molecular formula is C16H17ClN4OS2. The fraction of sp³-hybridized carbons (Fsp3) is 0.312. The van der Waals surface area contributed by atoms with Gasteiger partial charge < -0.3 is 4.74 Å². The van der Waals surface area contributed by atoms with Gasteiger partial charge in [0, 0.05) is 28.8 Å². The number of thiazole rings is 1. The summed E-state index contributed by atoms with van der Waals surface area (Å²) in [5.41, 5.74) is 2.05. The van der Waals surface area contributed by atoms with E-state index in [2.05, 4.69) is 25.1 Å². The predicted molar refractivity (Wildman–Crippen MR) is 98.8 cm³/mol. The third-order valence-corrected chi connectivity index (χ3v) is 5.43. The van der Waals surface area contributed by atoms with E-state index < -0.39 is 0 Å². The highest BCUT2D eigenvalue weighted by atomic mass is 35.5. The number of benzene rings is 1. The summed E-state index contributed by atoms with van der Waals surface area (Å²) >= 11 is 9.27. The normalized spacial score (nSPS) is 11.1. The molecule has 126 valence electrons. The summed E-state index contributed by atoms with van der Waals surface area (Å²) in [4.78, 5) is 4.49. The number of hydrogen-bond acceptors (Lipinski definition) is 6. The molecule has 1 aromatic carbocycles. The third kappa shape index (κ3) is 4.16. The van der Waals surface area contributed by atoms with Crippen LogP contribution >= 0.6 is 34.7 Å². The van der Waals surface area contributed by atoms with Gasteiger partial charge in [0.2, 0.25) is 0 Å². The van der Waals surface area contributed by atoms with Gasteiger partial charge in [-0.25, -0.2) is 4.98 Å². The summed E-state index contributed by atoms with van der Waals surface area (Å²) in [6, 6.07) is 7.62. The van der Waals surface area contributed by atoms with Crippen molar-refractivity contribution >= 4 is 34.7 Å². The first-order valence-electron chi connectivity index (χ1n) is 7.39. The largest absolute Gasteiger partial charge is 0.383 e. The number of methoxy groups -OCH3 is 1. The number of ether oxygens (including phenoxy) is 1. The smallest absolute Gasteiger partial charge is 0.191 e. The Balaban J connectivity index is 1.84. The molecule has 3 aromatic rings. The summed E-state index contributed by atoms with van der Waals surface area (Å²) < 4.78 is 7.31. The second kappa shape index (κ2) is 8.11. The molecule has 2 aromatic heterocycles. The van der Waals surface area contributed by atoms with Gasteiger partial charge in [0.05, 0.1) is 23.9 Å². The molecule has 0 N–H and O–H groups in total. The molecule has 0 saturated heterocycles. The fourth-order valence-corrected chi connectivity index (χ4v) is 3.91. The van der Waals surface area contributed by atoms with Crippen LogP contribution in [0.4, 0.5) is 0 Å². The van der Waals surface area contributed by atoms with Crippen LogP contribution in [0.15, 0.2) is 34.8 Å². The summed E-state index contributed by atoms with van der Waals surface area (Å²) in [6.07, 6.45) is 0. The van der Waals surface area contributed by atoms with E-state index in [-0.39, 0.29) is 0 Å². The van der Waals surface area contributed by atoms with E-state index >= 15 is 0 Å². The Bertz CT molecular complexity index is 801. The van der Waals surface area contributed by atoms with Crippen LogP contribution in [0.25, 0.3) is 11.4 Å². The standard InChI is InChI=1S/C16H17ClN4OS2/c1-11-18-14(9-23-11)10-24-16-20-19-15(21(16)7-8-22-2)12-3-5-13(17)6-4-12/h3-6,9H,7-8,10H2,1-2H3. The molecule has 0 amide bonds. The highest BCUT2D eigenvalue weighted by Crippen LogP contribution is 2.27. The molecule has 0 atom stereocenters. The minimum absolute atomic E-state index is 0.599. The molecule has 0 bridgehead atoms. The number of aromatic nitrogens is 4. The molecule has 0 aliphatic carbocycles. The van der Waals surface area contributed by atoms with Crippen molar-refractivity contribution in [1.29, 1.82) is 0 Å². The quantitative estimate of drug-likeness (QED) is 0.572. The number of halogens is 1. The predicted octanol–water partition coefficient (Wildman–Crippen LogP) is 4.30. The van der Waals surface area contributed by atoms with Crippen LogP contribution in [0.5, 0.6) is 0 Å². The van der Waals surface area contributed by atoms with Crippen LogP contribution in [-0.4, -0.2) is 33.5 Å². The number of aryl methyl sites for hydroxylation is 1. The Hall–Kier alpha value is -1.41. The molecule has 0 radical (unpaired) electrons. The number of rotatable bonds is 7. The molecule has 0 unspecified atom stereocenters. The van der Waals surface area contributed by atoms with Gasteiger partial charge in [-0.15, -0.1) is 21.5 Å². The van der Waals surface area contributed by atoms with E-state index in [0.29, 0.717) is 18.2 Å². The van der Waals surface area contributed by atoms with Crippen LogP contribution < -0.4 is 0 Å². The molecular weight excluding hydrogens is 364 g/mol. The van der Waals surface area contributed by atoms with Gasteiger partial charge in [-0.05, 0) is 31.2 Å². The minimum atomic E-state index is 0.599. The summed E-state index contributed by atoms with van der Waals surface area (Å²) in [7, 11) is 1.69. The van der Waals surface area contributed by atoms with E-state index in [4.69, 9.17) is 16.3 Å². The summed E-state index contributed by atoms with van der Waals surface area (Å²) in [5, 5.41) is 13.4. The Morgan fingerprint density at radius 3 is 2.71 bits per heavy atom. The van der Waals surface area contributed by atoms with Crippen molar-refractivity contribution in [2.45, 2.75) is 24.4 Å². The van der Waals surface area contributed by atoms with E-state index in [0.717, 1.165) is 33.0 Å². The molecule has 0 spiro atoms. The van der Waals surface area contributed by atoms with Crippen molar-refractivity contribution in [3.05, 3.63) is 45.4 Å². The second-order valence-corrected chi connectivity index (χ2v) is 7.55. The molecule has 3 rings (SSSR count). The van der Waals surface area contributed by atoms with Crippen molar-refractivity contribution in [2.75, 3.05) is 13.7 Å². The Morgan fingerprint density at radius 1 is 1.25 bits per heavy atom. The lowest BCUT2D eigenvalue weighted by molar-refractivity contribution is 0.185. The van der Waals surface area contributed by atoms with Gasteiger partial charge >= 0.3 is 0 Å². The average Bonchev–Trinajstić information content (AvgIpc) is 3.17. The zero-order valence-corrected chi connectivity index (χ0v) is 15.8.